The molecular formula is C8H11NO3S. The Bertz CT molecular complexity index is 411. The fourth-order valence-electron chi connectivity index (χ4n) is 1.01. The summed E-state index contributed by atoms with van der Waals surface area (Å²) in [6, 6.07) is 4.77. The van der Waals surface area contributed by atoms with Crippen molar-refractivity contribution in [2.45, 2.75) is 12.7 Å². The van der Waals surface area contributed by atoms with E-state index in [9.17, 15) is 13.5 Å². The second-order valence-electron chi connectivity index (χ2n) is 2.94. The third-order valence-electron chi connectivity index (χ3n) is 1.60. The van der Waals surface area contributed by atoms with Gasteiger partial charge in [0.25, 0.3) is 0 Å². The number of sulfonamides is 1. The molecule has 0 unspecified atom stereocenters. The van der Waals surface area contributed by atoms with Crippen LogP contribution in [-0.2, 0) is 15.8 Å². The Morgan fingerprint density at radius 3 is 2.54 bits per heavy atom. The normalized spacial score (nSPS) is 11.5. The second kappa shape index (κ2) is 3.35. The van der Waals surface area contributed by atoms with Gasteiger partial charge in [0, 0.05) is 5.56 Å². The minimum Gasteiger partial charge on any atom is -0.508 e. The standard InChI is InChI=1S/C8H11NO3S/c1-6-2-3-7(8(10)4-6)5-13(9,11)12/h2-4,10H,5H2,1H3,(H2,9,11,12). The molecule has 1 aromatic carbocycles. The maximum atomic E-state index is 10.7. The number of aryl methyl sites for hydroxylation is 1. The van der Waals surface area contributed by atoms with Crippen LogP contribution in [0, 0.1) is 6.92 Å². The molecule has 0 atom stereocenters. The number of phenolic OH excluding ortho intramolecular Hbond substituents is 1. The van der Waals surface area contributed by atoms with Gasteiger partial charge in [0.05, 0.1) is 5.75 Å². The molecule has 0 heterocycles. The molecule has 0 radical (unpaired) electrons. The van der Waals surface area contributed by atoms with E-state index >= 15 is 0 Å². The zero-order chi connectivity index (χ0) is 10.1. The van der Waals surface area contributed by atoms with Gasteiger partial charge < -0.3 is 5.11 Å². The van der Waals surface area contributed by atoms with Gasteiger partial charge in [0.1, 0.15) is 5.75 Å². The van der Waals surface area contributed by atoms with Crippen LogP contribution in [0.3, 0.4) is 0 Å². The largest absolute Gasteiger partial charge is 0.508 e. The van der Waals surface area contributed by atoms with Crippen LogP contribution in [0.15, 0.2) is 18.2 Å². The van der Waals surface area contributed by atoms with Crippen LogP contribution in [0.2, 0.25) is 0 Å². The van der Waals surface area contributed by atoms with Crippen molar-refractivity contribution in [2.75, 3.05) is 0 Å². The zero-order valence-corrected chi connectivity index (χ0v) is 8.00. The Morgan fingerprint density at radius 2 is 2.08 bits per heavy atom. The van der Waals surface area contributed by atoms with E-state index in [1.807, 2.05) is 0 Å². The summed E-state index contributed by atoms with van der Waals surface area (Å²) in [5.74, 6) is -0.368. The first-order valence-corrected chi connectivity index (χ1v) is 5.39. The number of benzene rings is 1. The molecule has 13 heavy (non-hydrogen) atoms. The van der Waals surface area contributed by atoms with E-state index < -0.39 is 10.0 Å². The van der Waals surface area contributed by atoms with Gasteiger partial charge in [0.15, 0.2) is 0 Å². The van der Waals surface area contributed by atoms with Crippen LogP contribution < -0.4 is 5.14 Å². The van der Waals surface area contributed by atoms with Gasteiger partial charge >= 0.3 is 0 Å². The molecule has 0 aliphatic carbocycles. The van der Waals surface area contributed by atoms with Gasteiger partial charge in [-0.25, -0.2) is 13.6 Å². The number of hydrogen-bond acceptors (Lipinski definition) is 3. The molecule has 0 amide bonds. The van der Waals surface area contributed by atoms with E-state index in [-0.39, 0.29) is 11.5 Å². The van der Waals surface area contributed by atoms with Crippen LogP contribution in [0.4, 0.5) is 0 Å². The van der Waals surface area contributed by atoms with Crippen molar-refractivity contribution in [3.8, 4) is 5.75 Å². The molecule has 72 valence electrons. The predicted octanol–water partition coefficient (Wildman–Crippen LogP) is 0.489. The summed E-state index contributed by atoms with van der Waals surface area (Å²) >= 11 is 0. The average Bonchev–Trinajstić information content (AvgIpc) is 1.93. The number of phenols is 1. The quantitative estimate of drug-likeness (QED) is 0.730. The third-order valence-corrected chi connectivity index (χ3v) is 2.31. The molecule has 0 saturated heterocycles. The van der Waals surface area contributed by atoms with Crippen molar-refractivity contribution in [2.24, 2.45) is 5.14 Å². The van der Waals surface area contributed by atoms with E-state index in [1.165, 1.54) is 6.07 Å². The molecule has 0 aromatic heterocycles. The van der Waals surface area contributed by atoms with E-state index in [4.69, 9.17) is 5.14 Å². The minimum atomic E-state index is -3.57. The minimum absolute atomic E-state index is 0.0333. The summed E-state index contributed by atoms with van der Waals surface area (Å²) in [7, 11) is -3.57. The highest BCUT2D eigenvalue weighted by atomic mass is 32.2. The summed E-state index contributed by atoms with van der Waals surface area (Å²) in [5, 5.41) is 14.2. The monoisotopic (exact) mass is 201 g/mol. The molecule has 0 spiro atoms. The van der Waals surface area contributed by atoms with Crippen molar-refractivity contribution >= 4 is 10.0 Å². The molecule has 0 aliphatic heterocycles. The highest BCUT2D eigenvalue weighted by Gasteiger charge is 2.08. The number of hydrogen-bond donors (Lipinski definition) is 2. The van der Waals surface area contributed by atoms with Crippen molar-refractivity contribution in [1.82, 2.24) is 0 Å². The highest BCUT2D eigenvalue weighted by molar-refractivity contribution is 7.88. The second-order valence-corrected chi connectivity index (χ2v) is 4.55. The first-order valence-electron chi connectivity index (χ1n) is 3.67. The van der Waals surface area contributed by atoms with Crippen molar-refractivity contribution < 1.29 is 13.5 Å². The Morgan fingerprint density at radius 1 is 1.46 bits per heavy atom. The van der Waals surface area contributed by atoms with Crippen LogP contribution >= 0.6 is 0 Å². The molecule has 0 saturated carbocycles. The molecule has 0 aliphatic rings. The van der Waals surface area contributed by atoms with Crippen LogP contribution in [-0.4, -0.2) is 13.5 Å². The lowest BCUT2D eigenvalue weighted by Crippen LogP contribution is -2.14. The summed E-state index contributed by atoms with van der Waals surface area (Å²) in [6.45, 7) is 1.81. The first kappa shape index (κ1) is 10.0. The Labute approximate surface area is 77.1 Å². The number of aromatic hydroxyl groups is 1. The first-order chi connectivity index (χ1) is 5.88. The Balaban J connectivity index is 3.04. The average molecular weight is 201 g/mol. The van der Waals surface area contributed by atoms with E-state index in [0.717, 1.165) is 5.56 Å². The molecule has 0 fully saturated rings. The van der Waals surface area contributed by atoms with Gasteiger partial charge in [-0.2, -0.15) is 0 Å². The maximum absolute atomic E-state index is 10.7. The molecular weight excluding hydrogens is 190 g/mol. The molecule has 4 nitrogen and oxygen atoms in total. The lowest BCUT2D eigenvalue weighted by Gasteiger charge is -2.03. The van der Waals surface area contributed by atoms with Crippen LogP contribution in [0.25, 0.3) is 0 Å². The van der Waals surface area contributed by atoms with Gasteiger partial charge in [-0.05, 0) is 18.6 Å². The highest BCUT2D eigenvalue weighted by Crippen LogP contribution is 2.19. The molecule has 0 bridgehead atoms. The number of nitrogens with two attached hydrogens (primary N) is 1. The Kier molecular flexibility index (Phi) is 2.58. The lowest BCUT2D eigenvalue weighted by molar-refractivity contribution is 0.469. The maximum Gasteiger partial charge on any atom is 0.213 e. The lowest BCUT2D eigenvalue weighted by atomic mass is 10.1. The molecule has 1 rings (SSSR count). The Hall–Kier alpha value is -1.07. The molecule has 1 aromatic rings. The van der Waals surface area contributed by atoms with Crippen molar-refractivity contribution in [1.29, 1.82) is 0 Å². The molecule has 5 heteroatoms. The van der Waals surface area contributed by atoms with Crippen molar-refractivity contribution in [3.63, 3.8) is 0 Å². The zero-order valence-electron chi connectivity index (χ0n) is 7.19. The fourth-order valence-corrected chi connectivity index (χ4v) is 1.69. The van der Waals surface area contributed by atoms with E-state index in [0.29, 0.717) is 5.56 Å². The van der Waals surface area contributed by atoms with Gasteiger partial charge in [0.2, 0.25) is 10.0 Å². The van der Waals surface area contributed by atoms with Gasteiger partial charge in [-0.1, -0.05) is 12.1 Å². The topological polar surface area (TPSA) is 80.4 Å². The summed E-state index contributed by atoms with van der Waals surface area (Å²) < 4.78 is 21.4. The summed E-state index contributed by atoms with van der Waals surface area (Å²) in [4.78, 5) is 0. The summed E-state index contributed by atoms with van der Waals surface area (Å²) in [5.41, 5.74) is 1.20. The van der Waals surface area contributed by atoms with Gasteiger partial charge in [-0.15, -0.1) is 0 Å². The predicted molar refractivity (Wildman–Crippen MR) is 49.7 cm³/mol. The number of rotatable bonds is 2. The smallest absolute Gasteiger partial charge is 0.213 e. The third kappa shape index (κ3) is 3.04. The molecule has 3 N–H and O–H groups in total. The van der Waals surface area contributed by atoms with Crippen LogP contribution in [0.1, 0.15) is 11.1 Å². The van der Waals surface area contributed by atoms with Gasteiger partial charge in [-0.3, -0.25) is 0 Å². The van der Waals surface area contributed by atoms with E-state index in [2.05, 4.69) is 0 Å². The summed E-state index contributed by atoms with van der Waals surface area (Å²) in [6.07, 6.45) is 0. The SMILES string of the molecule is Cc1ccc(CS(N)(=O)=O)c(O)c1. The van der Waals surface area contributed by atoms with Crippen molar-refractivity contribution in [3.05, 3.63) is 29.3 Å². The fraction of sp³-hybridized carbons (Fsp3) is 0.250. The number of primary sulfonamides is 1. The van der Waals surface area contributed by atoms with Crippen LogP contribution in [0.5, 0.6) is 5.75 Å². The van der Waals surface area contributed by atoms with E-state index in [1.54, 1.807) is 19.1 Å².